The van der Waals surface area contributed by atoms with Crippen molar-refractivity contribution in [2.24, 2.45) is 0 Å². The summed E-state index contributed by atoms with van der Waals surface area (Å²) in [5.41, 5.74) is 1.68. The number of ether oxygens (including phenoxy) is 1. The highest BCUT2D eigenvalue weighted by Crippen LogP contribution is 2.18. The standard InChI is InChI=1S/C16H20FNO2/c1-3-6-18-9-13-8-15(19-10-13)11-20-14-4-5-16(17)12(2)7-14/h4-5,7-8,10,18H,3,6,9,11H2,1-2H3. The molecular weight excluding hydrogens is 257 g/mol. The second kappa shape index (κ2) is 7.10. The molecule has 2 aromatic rings. The molecule has 0 spiro atoms. The van der Waals surface area contributed by atoms with Crippen LogP contribution in [0.5, 0.6) is 5.75 Å². The molecule has 0 atom stereocenters. The summed E-state index contributed by atoms with van der Waals surface area (Å²) in [6.45, 7) is 5.98. The number of halogens is 1. The molecule has 0 aliphatic rings. The molecule has 0 saturated carbocycles. The van der Waals surface area contributed by atoms with Crippen molar-refractivity contribution in [3.8, 4) is 5.75 Å². The van der Waals surface area contributed by atoms with Gasteiger partial charge in [0.15, 0.2) is 0 Å². The zero-order valence-electron chi connectivity index (χ0n) is 11.9. The van der Waals surface area contributed by atoms with Gasteiger partial charge in [0.1, 0.15) is 23.9 Å². The highest BCUT2D eigenvalue weighted by Gasteiger charge is 2.04. The largest absolute Gasteiger partial charge is 0.486 e. The Kier molecular flexibility index (Phi) is 5.18. The monoisotopic (exact) mass is 277 g/mol. The number of aryl methyl sites for hydroxylation is 1. The first-order valence-electron chi connectivity index (χ1n) is 6.85. The molecule has 20 heavy (non-hydrogen) atoms. The van der Waals surface area contributed by atoms with Crippen LogP contribution in [0.1, 0.15) is 30.2 Å². The van der Waals surface area contributed by atoms with Gasteiger partial charge in [0, 0.05) is 12.1 Å². The van der Waals surface area contributed by atoms with E-state index in [-0.39, 0.29) is 5.82 Å². The van der Waals surface area contributed by atoms with Gasteiger partial charge in [-0.2, -0.15) is 0 Å². The number of nitrogens with one attached hydrogen (secondary N) is 1. The van der Waals surface area contributed by atoms with Crippen LogP contribution in [0.4, 0.5) is 4.39 Å². The summed E-state index contributed by atoms with van der Waals surface area (Å²) in [4.78, 5) is 0. The van der Waals surface area contributed by atoms with Gasteiger partial charge in [-0.05, 0) is 49.7 Å². The summed E-state index contributed by atoms with van der Waals surface area (Å²) in [6.07, 6.45) is 2.84. The van der Waals surface area contributed by atoms with Gasteiger partial charge in [-0.3, -0.25) is 0 Å². The normalized spacial score (nSPS) is 10.8. The number of furan rings is 1. The third-order valence-electron chi connectivity index (χ3n) is 2.97. The molecule has 0 bridgehead atoms. The van der Waals surface area contributed by atoms with Crippen LogP contribution in [0.15, 0.2) is 34.9 Å². The average Bonchev–Trinajstić information content (AvgIpc) is 2.88. The summed E-state index contributed by atoms with van der Waals surface area (Å²) in [5, 5.41) is 3.31. The second-order valence-electron chi connectivity index (χ2n) is 4.80. The van der Waals surface area contributed by atoms with Crippen LogP contribution in [0.3, 0.4) is 0 Å². The first kappa shape index (κ1) is 14.6. The Hall–Kier alpha value is -1.81. The van der Waals surface area contributed by atoms with Gasteiger partial charge < -0.3 is 14.5 Å². The molecule has 1 aromatic heterocycles. The van der Waals surface area contributed by atoms with Crippen molar-refractivity contribution < 1.29 is 13.5 Å². The molecule has 2 rings (SSSR count). The van der Waals surface area contributed by atoms with E-state index in [1.807, 2.05) is 6.07 Å². The molecule has 0 aliphatic carbocycles. The lowest BCUT2D eigenvalue weighted by atomic mass is 10.2. The minimum atomic E-state index is -0.223. The van der Waals surface area contributed by atoms with Crippen LogP contribution >= 0.6 is 0 Å². The Bertz CT molecular complexity index is 551. The maximum absolute atomic E-state index is 13.1. The van der Waals surface area contributed by atoms with E-state index in [2.05, 4.69) is 12.2 Å². The van der Waals surface area contributed by atoms with Gasteiger partial charge in [0.25, 0.3) is 0 Å². The van der Waals surface area contributed by atoms with Gasteiger partial charge in [-0.25, -0.2) is 4.39 Å². The summed E-state index contributed by atoms with van der Waals surface area (Å²) in [6, 6.07) is 6.68. The molecule has 1 heterocycles. The van der Waals surface area contributed by atoms with Crippen LogP contribution < -0.4 is 10.1 Å². The molecule has 0 saturated heterocycles. The topological polar surface area (TPSA) is 34.4 Å². The Morgan fingerprint density at radius 1 is 1.30 bits per heavy atom. The van der Waals surface area contributed by atoms with Gasteiger partial charge in [-0.15, -0.1) is 0 Å². The zero-order valence-corrected chi connectivity index (χ0v) is 11.9. The first-order valence-corrected chi connectivity index (χ1v) is 6.85. The molecule has 4 heteroatoms. The molecule has 0 fully saturated rings. The van der Waals surface area contributed by atoms with E-state index in [0.29, 0.717) is 17.9 Å². The highest BCUT2D eigenvalue weighted by molar-refractivity contribution is 5.29. The van der Waals surface area contributed by atoms with Gasteiger partial charge in [-0.1, -0.05) is 6.92 Å². The van der Waals surface area contributed by atoms with Crippen molar-refractivity contribution in [3.63, 3.8) is 0 Å². The van der Waals surface area contributed by atoms with Crippen molar-refractivity contribution in [1.82, 2.24) is 5.32 Å². The molecule has 108 valence electrons. The number of benzene rings is 1. The molecular formula is C16H20FNO2. The number of rotatable bonds is 7. The predicted molar refractivity (Wildman–Crippen MR) is 76.2 cm³/mol. The number of hydrogen-bond donors (Lipinski definition) is 1. The SMILES string of the molecule is CCCNCc1coc(COc2ccc(F)c(C)c2)c1. The highest BCUT2D eigenvalue weighted by atomic mass is 19.1. The molecule has 3 nitrogen and oxygen atoms in total. The smallest absolute Gasteiger partial charge is 0.146 e. The Labute approximate surface area is 118 Å². The lowest BCUT2D eigenvalue weighted by Crippen LogP contribution is -2.13. The van der Waals surface area contributed by atoms with Gasteiger partial charge >= 0.3 is 0 Å². The molecule has 1 N–H and O–H groups in total. The van der Waals surface area contributed by atoms with E-state index < -0.39 is 0 Å². The van der Waals surface area contributed by atoms with Gasteiger partial charge in [0.2, 0.25) is 0 Å². The molecule has 0 unspecified atom stereocenters. The average molecular weight is 277 g/mol. The maximum atomic E-state index is 13.1. The molecule has 0 aliphatic heterocycles. The quantitative estimate of drug-likeness (QED) is 0.782. The fourth-order valence-corrected chi connectivity index (χ4v) is 1.87. The maximum Gasteiger partial charge on any atom is 0.146 e. The molecule has 0 radical (unpaired) electrons. The Morgan fingerprint density at radius 3 is 2.90 bits per heavy atom. The second-order valence-corrected chi connectivity index (χ2v) is 4.80. The van der Waals surface area contributed by atoms with Crippen LogP contribution in [0.2, 0.25) is 0 Å². The van der Waals surface area contributed by atoms with Crippen LogP contribution in [0, 0.1) is 12.7 Å². The number of hydrogen-bond acceptors (Lipinski definition) is 3. The van der Waals surface area contributed by atoms with E-state index in [9.17, 15) is 4.39 Å². The fraction of sp³-hybridized carbons (Fsp3) is 0.375. The van der Waals surface area contributed by atoms with Crippen LogP contribution in [-0.4, -0.2) is 6.54 Å². The van der Waals surface area contributed by atoms with Crippen molar-refractivity contribution in [2.75, 3.05) is 6.54 Å². The summed E-state index contributed by atoms with van der Waals surface area (Å²) < 4.78 is 24.1. The van der Waals surface area contributed by atoms with Gasteiger partial charge in [0.05, 0.1) is 6.26 Å². The van der Waals surface area contributed by atoms with Crippen molar-refractivity contribution >= 4 is 0 Å². The van der Waals surface area contributed by atoms with E-state index in [4.69, 9.17) is 9.15 Å². The lowest BCUT2D eigenvalue weighted by Gasteiger charge is -2.05. The van der Waals surface area contributed by atoms with Crippen molar-refractivity contribution in [1.29, 1.82) is 0 Å². The Balaban J connectivity index is 1.85. The lowest BCUT2D eigenvalue weighted by molar-refractivity contribution is 0.270. The molecule has 1 aromatic carbocycles. The summed E-state index contributed by atoms with van der Waals surface area (Å²) >= 11 is 0. The van der Waals surface area contributed by atoms with Crippen LogP contribution in [-0.2, 0) is 13.2 Å². The minimum Gasteiger partial charge on any atom is -0.486 e. The Morgan fingerprint density at radius 2 is 2.15 bits per heavy atom. The summed E-state index contributed by atoms with van der Waals surface area (Å²) in [5.74, 6) is 1.19. The third-order valence-corrected chi connectivity index (χ3v) is 2.97. The van der Waals surface area contributed by atoms with Crippen molar-refractivity contribution in [3.05, 3.63) is 53.2 Å². The molecule has 0 amide bonds. The van der Waals surface area contributed by atoms with E-state index >= 15 is 0 Å². The summed E-state index contributed by atoms with van der Waals surface area (Å²) in [7, 11) is 0. The zero-order chi connectivity index (χ0) is 14.4. The van der Waals surface area contributed by atoms with Crippen LogP contribution in [0.25, 0.3) is 0 Å². The fourth-order valence-electron chi connectivity index (χ4n) is 1.87. The minimum absolute atomic E-state index is 0.223. The van der Waals surface area contributed by atoms with E-state index in [1.54, 1.807) is 25.3 Å². The van der Waals surface area contributed by atoms with Crippen molar-refractivity contribution in [2.45, 2.75) is 33.4 Å². The van der Waals surface area contributed by atoms with E-state index in [0.717, 1.165) is 30.8 Å². The first-order chi connectivity index (χ1) is 9.69. The third kappa shape index (κ3) is 4.10. The van der Waals surface area contributed by atoms with E-state index in [1.165, 1.54) is 6.07 Å². The predicted octanol–water partition coefficient (Wildman–Crippen LogP) is 3.81.